The standard InChI is InChI=1S/C20H20ClN3O2/c1-23(20(25)15-26-19-10-6-5-9-18(19)21)12-17-11-22-24(14-17)13-16-7-3-2-4-8-16/h2-11,14H,12-13,15H2,1H3. The van der Waals surface area contributed by atoms with E-state index in [1.165, 1.54) is 5.56 Å². The Balaban J connectivity index is 1.52. The molecule has 0 N–H and O–H groups in total. The summed E-state index contributed by atoms with van der Waals surface area (Å²) in [6.07, 6.45) is 3.73. The lowest BCUT2D eigenvalue weighted by molar-refractivity contribution is -0.132. The maximum atomic E-state index is 12.3. The Bertz CT molecular complexity index is 864. The lowest BCUT2D eigenvalue weighted by Gasteiger charge is -2.16. The molecule has 0 unspecified atom stereocenters. The zero-order chi connectivity index (χ0) is 18.4. The Labute approximate surface area is 157 Å². The summed E-state index contributed by atoms with van der Waals surface area (Å²) in [5.74, 6) is 0.382. The second-order valence-electron chi connectivity index (χ2n) is 6.00. The number of ether oxygens (including phenoxy) is 1. The minimum absolute atomic E-state index is 0.0572. The van der Waals surface area contributed by atoms with E-state index in [-0.39, 0.29) is 12.5 Å². The van der Waals surface area contributed by atoms with Gasteiger partial charge in [-0.25, -0.2) is 0 Å². The molecule has 134 valence electrons. The van der Waals surface area contributed by atoms with Gasteiger partial charge in [0.2, 0.25) is 0 Å². The lowest BCUT2D eigenvalue weighted by Crippen LogP contribution is -2.30. The van der Waals surface area contributed by atoms with Crippen LogP contribution >= 0.6 is 11.6 Å². The number of amides is 1. The van der Waals surface area contributed by atoms with Crippen molar-refractivity contribution >= 4 is 17.5 Å². The fourth-order valence-corrected chi connectivity index (χ4v) is 2.71. The molecule has 0 fully saturated rings. The van der Waals surface area contributed by atoms with Crippen LogP contribution in [0.4, 0.5) is 0 Å². The Morgan fingerprint density at radius 1 is 1.12 bits per heavy atom. The Kier molecular flexibility index (Phi) is 5.92. The van der Waals surface area contributed by atoms with Crippen LogP contribution in [0.15, 0.2) is 67.0 Å². The number of hydrogen-bond acceptors (Lipinski definition) is 3. The number of benzene rings is 2. The van der Waals surface area contributed by atoms with E-state index in [0.717, 1.165) is 5.56 Å². The maximum Gasteiger partial charge on any atom is 0.260 e. The van der Waals surface area contributed by atoms with Crippen LogP contribution in [0, 0.1) is 0 Å². The molecule has 3 rings (SSSR count). The van der Waals surface area contributed by atoms with E-state index < -0.39 is 0 Å². The molecule has 1 amide bonds. The average Bonchev–Trinajstić information content (AvgIpc) is 3.08. The number of rotatable bonds is 7. The van der Waals surface area contributed by atoms with Crippen LogP contribution in [-0.2, 0) is 17.9 Å². The zero-order valence-electron chi connectivity index (χ0n) is 14.5. The molecule has 0 spiro atoms. The molecule has 6 heteroatoms. The second kappa shape index (κ2) is 8.54. The van der Waals surface area contributed by atoms with Gasteiger partial charge in [-0.15, -0.1) is 0 Å². The van der Waals surface area contributed by atoms with Gasteiger partial charge in [0.1, 0.15) is 5.75 Å². The van der Waals surface area contributed by atoms with Gasteiger partial charge in [-0.05, 0) is 17.7 Å². The van der Waals surface area contributed by atoms with Crippen molar-refractivity contribution in [3.8, 4) is 5.75 Å². The highest BCUT2D eigenvalue weighted by Gasteiger charge is 2.12. The van der Waals surface area contributed by atoms with Crippen LogP contribution in [-0.4, -0.2) is 34.2 Å². The van der Waals surface area contributed by atoms with Gasteiger partial charge in [0.15, 0.2) is 6.61 Å². The minimum atomic E-state index is -0.124. The molecule has 1 aromatic heterocycles. The van der Waals surface area contributed by atoms with Crippen molar-refractivity contribution in [3.63, 3.8) is 0 Å². The molecular weight excluding hydrogens is 350 g/mol. The molecule has 0 bridgehead atoms. The van der Waals surface area contributed by atoms with Crippen LogP contribution in [0.1, 0.15) is 11.1 Å². The van der Waals surface area contributed by atoms with Crippen LogP contribution < -0.4 is 4.74 Å². The summed E-state index contributed by atoms with van der Waals surface area (Å²) in [5, 5.41) is 4.85. The molecule has 0 aliphatic heterocycles. The predicted molar refractivity (Wildman–Crippen MR) is 101 cm³/mol. The molecule has 0 radical (unpaired) electrons. The van der Waals surface area contributed by atoms with Crippen molar-refractivity contribution in [1.82, 2.24) is 14.7 Å². The van der Waals surface area contributed by atoms with E-state index in [9.17, 15) is 4.79 Å². The normalized spacial score (nSPS) is 10.5. The van der Waals surface area contributed by atoms with Crippen LogP contribution in [0.25, 0.3) is 0 Å². The topological polar surface area (TPSA) is 47.4 Å². The largest absolute Gasteiger partial charge is 0.482 e. The lowest BCUT2D eigenvalue weighted by atomic mass is 10.2. The number of hydrogen-bond donors (Lipinski definition) is 0. The summed E-state index contributed by atoms with van der Waals surface area (Å²) in [4.78, 5) is 13.9. The fourth-order valence-electron chi connectivity index (χ4n) is 2.52. The second-order valence-corrected chi connectivity index (χ2v) is 6.41. The summed E-state index contributed by atoms with van der Waals surface area (Å²) in [6, 6.07) is 17.2. The first-order valence-corrected chi connectivity index (χ1v) is 8.66. The first-order valence-electron chi connectivity index (χ1n) is 8.28. The molecule has 2 aromatic carbocycles. The van der Waals surface area contributed by atoms with Gasteiger partial charge in [-0.1, -0.05) is 54.1 Å². The summed E-state index contributed by atoms with van der Waals surface area (Å²) in [6.45, 7) is 1.12. The summed E-state index contributed by atoms with van der Waals surface area (Å²) < 4.78 is 7.36. The third-order valence-corrected chi connectivity index (χ3v) is 4.22. The van der Waals surface area contributed by atoms with E-state index in [0.29, 0.717) is 23.9 Å². The maximum absolute atomic E-state index is 12.3. The van der Waals surface area contributed by atoms with Gasteiger partial charge in [0.05, 0.1) is 17.8 Å². The van der Waals surface area contributed by atoms with E-state index in [4.69, 9.17) is 16.3 Å². The Morgan fingerprint density at radius 3 is 2.62 bits per heavy atom. The summed E-state index contributed by atoms with van der Waals surface area (Å²) >= 11 is 6.03. The third kappa shape index (κ3) is 4.86. The predicted octanol–water partition coefficient (Wildman–Crippen LogP) is 3.62. The molecule has 0 saturated carbocycles. The van der Waals surface area contributed by atoms with Gasteiger partial charge >= 0.3 is 0 Å². The third-order valence-electron chi connectivity index (χ3n) is 3.91. The summed E-state index contributed by atoms with van der Waals surface area (Å²) in [7, 11) is 1.74. The highest BCUT2D eigenvalue weighted by Crippen LogP contribution is 2.23. The first-order chi connectivity index (χ1) is 12.6. The van der Waals surface area contributed by atoms with Crippen molar-refractivity contribution in [3.05, 3.63) is 83.1 Å². The van der Waals surface area contributed by atoms with Gasteiger partial charge in [-0.2, -0.15) is 5.10 Å². The minimum Gasteiger partial charge on any atom is -0.482 e. The monoisotopic (exact) mass is 369 g/mol. The van der Waals surface area contributed by atoms with E-state index in [1.54, 1.807) is 30.3 Å². The number of carbonyl (C=O) groups is 1. The van der Waals surface area contributed by atoms with Gasteiger partial charge < -0.3 is 9.64 Å². The smallest absolute Gasteiger partial charge is 0.260 e. The quantitative estimate of drug-likeness (QED) is 0.639. The van der Waals surface area contributed by atoms with Gasteiger partial charge in [-0.3, -0.25) is 9.48 Å². The highest BCUT2D eigenvalue weighted by molar-refractivity contribution is 6.32. The highest BCUT2D eigenvalue weighted by atomic mass is 35.5. The number of aromatic nitrogens is 2. The molecular formula is C20H20ClN3O2. The van der Waals surface area contributed by atoms with E-state index in [2.05, 4.69) is 17.2 Å². The molecule has 5 nitrogen and oxygen atoms in total. The molecule has 0 aliphatic carbocycles. The zero-order valence-corrected chi connectivity index (χ0v) is 15.3. The van der Waals surface area contributed by atoms with E-state index >= 15 is 0 Å². The molecule has 0 atom stereocenters. The number of likely N-dealkylation sites (N-methyl/N-ethyl adjacent to an activating group) is 1. The van der Waals surface area contributed by atoms with Crippen LogP contribution in [0.5, 0.6) is 5.75 Å². The molecule has 3 aromatic rings. The van der Waals surface area contributed by atoms with Crippen molar-refractivity contribution in [2.75, 3.05) is 13.7 Å². The SMILES string of the molecule is CN(Cc1cnn(Cc2ccccc2)c1)C(=O)COc1ccccc1Cl. The Hall–Kier alpha value is -2.79. The molecule has 0 saturated heterocycles. The van der Waals surface area contributed by atoms with Crippen molar-refractivity contribution in [2.45, 2.75) is 13.1 Å². The van der Waals surface area contributed by atoms with E-state index in [1.807, 2.05) is 41.2 Å². The average molecular weight is 370 g/mol. The van der Waals surface area contributed by atoms with Gasteiger partial charge in [0.25, 0.3) is 5.91 Å². The number of para-hydroxylation sites is 1. The molecule has 1 heterocycles. The number of carbonyl (C=O) groups excluding carboxylic acids is 1. The van der Waals surface area contributed by atoms with Crippen molar-refractivity contribution < 1.29 is 9.53 Å². The first kappa shape index (κ1) is 18.0. The van der Waals surface area contributed by atoms with Crippen molar-refractivity contribution in [1.29, 1.82) is 0 Å². The van der Waals surface area contributed by atoms with Crippen LogP contribution in [0.2, 0.25) is 5.02 Å². The number of halogens is 1. The number of nitrogens with zero attached hydrogens (tertiary/aromatic N) is 3. The Morgan fingerprint density at radius 2 is 1.85 bits per heavy atom. The molecule has 0 aliphatic rings. The van der Waals surface area contributed by atoms with Gasteiger partial charge in [0, 0.05) is 25.4 Å². The summed E-state index contributed by atoms with van der Waals surface area (Å²) in [5.41, 5.74) is 2.15. The van der Waals surface area contributed by atoms with Crippen LogP contribution in [0.3, 0.4) is 0 Å². The van der Waals surface area contributed by atoms with Crippen molar-refractivity contribution in [2.24, 2.45) is 0 Å². The fraction of sp³-hybridized carbons (Fsp3) is 0.200. The molecule has 26 heavy (non-hydrogen) atoms.